The van der Waals surface area contributed by atoms with E-state index in [1.807, 2.05) is 13.0 Å². The molecule has 1 aromatic carbocycles. The first-order valence-electron chi connectivity index (χ1n) is 6.47. The maximum atomic E-state index is 12.5. The average Bonchev–Trinajstić information content (AvgIpc) is 2.29. The Balaban J connectivity index is 2.25. The van der Waals surface area contributed by atoms with Gasteiger partial charge in [0, 0.05) is 18.8 Å². The third kappa shape index (κ3) is 2.62. The van der Waals surface area contributed by atoms with Crippen molar-refractivity contribution in [2.75, 3.05) is 18.8 Å². The zero-order valence-corrected chi connectivity index (χ0v) is 13.5. The predicted octanol–water partition coefficient (Wildman–Crippen LogP) is 1.11. The summed E-state index contributed by atoms with van der Waals surface area (Å²) in [5.41, 5.74) is 1.55. The molecule has 1 saturated heterocycles. The lowest BCUT2D eigenvalue weighted by molar-refractivity contribution is 0.309. The molecule has 0 amide bonds. The summed E-state index contributed by atoms with van der Waals surface area (Å²) in [6.07, 6.45) is 0. The average molecular weight is 317 g/mol. The highest BCUT2D eigenvalue weighted by Crippen LogP contribution is 2.27. The van der Waals surface area contributed by atoms with Gasteiger partial charge in [-0.2, -0.15) is 4.31 Å². The third-order valence-corrected chi connectivity index (χ3v) is 7.78. The van der Waals surface area contributed by atoms with Gasteiger partial charge in [-0.3, -0.25) is 0 Å². The van der Waals surface area contributed by atoms with Crippen LogP contribution in [0.3, 0.4) is 0 Å². The summed E-state index contributed by atoms with van der Waals surface area (Å²) in [5, 5.41) is -0.563. The van der Waals surface area contributed by atoms with E-state index in [2.05, 4.69) is 0 Å². The van der Waals surface area contributed by atoms with Gasteiger partial charge in [0.25, 0.3) is 0 Å². The Morgan fingerprint density at radius 2 is 1.75 bits per heavy atom. The Labute approximate surface area is 120 Å². The van der Waals surface area contributed by atoms with Crippen LogP contribution in [-0.4, -0.2) is 45.2 Å². The fourth-order valence-corrected chi connectivity index (χ4v) is 5.50. The Bertz CT molecular complexity index is 717. The summed E-state index contributed by atoms with van der Waals surface area (Å²) in [5.74, 6) is 0.0506. The van der Waals surface area contributed by atoms with Crippen molar-refractivity contribution in [2.45, 2.75) is 30.9 Å². The molecule has 2 rings (SSSR count). The zero-order chi connectivity index (χ0) is 15.1. The van der Waals surface area contributed by atoms with E-state index in [-0.39, 0.29) is 23.7 Å². The second kappa shape index (κ2) is 5.13. The van der Waals surface area contributed by atoms with Crippen LogP contribution < -0.4 is 0 Å². The van der Waals surface area contributed by atoms with Gasteiger partial charge in [-0.25, -0.2) is 16.8 Å². The van der Waals surface area contributed by atoms with Crippen LogP contribution >= 0.6 is 0 Å². The van der Waals surface area contributed by atoms with E-state index < -0.39 is 25.1 Å². The molecule has 1 fully saturated rings. The summed E-state index contributed by atoms with van der Waals surface area (Å²) >= 11 is 0. The van der Waals surface area contributed by atoms with Crippen molar-refractivity contribution in [3.05, 3.63) is 29.3 Å². The molecule has 0 unspecified atom stereocenters. The first-order valence-corrected chi connectivity index (χ1v) is 9.63. The van der Waals surface area contributed by atoms with Crippen LogP contribution in [0.25, 0.3) is 0 Å². The van der Waals surface area contributed by atoms with Crippen LogP contribution in [0.15, 0.2) is 23.1 Å². The zero-order valence-electron chi connectivity index (χ0n) is 11.8. The molecule has 1 aliphatic heterocycles. The molecule has 0 atom stereocenters. The van der Waals surface area contributed by atoms with E-state index >= 15 is 0 Å². The van der Waals surface area contributed by atoms with Crippen molar-refractivity contribution in [3.63, 3.8) is 0 Å². The van der Waals surface area contributed by atoms with Crippen LogP contribution in [0.5, 0.6) is 0 Å². The first-order chi connectivity index (χ1) is 9.18. The molecule has 0 aromatic heterocycles. The largest absolute Gasteiger partial charge is 0.243 e. The summed E-state index contributed by atoms with van der Waals surface area (Å²) in [6.45, 7) is 5.28. The van der Waals surface area contributed by atoms with Crippen LogP contribution in [-0.2, 0) is 19.9 Å². The fraction of sp³-hybridized carbons (Fsp3) is 0.538. The smallest absolute Gasteiger partial charge is 0.228 e. The first kappa shape index (κ1) is 15.5. The highest BCUT2D eigenvalue weighted by molar-refractivity contribution is 7.92. The number of nitrogens with zero attached hydrogens (tertiary/aromatic N) is 1. The molecule has 1 aromatic rings. The van der Waals surface area contributed by atoms with Crippen molar-refractivity contribution in [2.24, 2.45) is 0 Å². The van der Waals surface area contributed by atoms with Gasteiger partial charge in [0.05, 0.1) is 10.1 Å². The molecule has 0 aliphatic carbocycles. The van der Waals surface area contributed by atoms with Crippen molar-refractivity contribution in [1.29, 1.82) is 0 Å². The number of sulfone groups is 1. The van der Waals surface area contributed by atoms with Crippen molar-refractivity contribution < 1.29 is 16.8 Å². The van der Waals surface area contributed by atoms with Gasteiger partial charge >= 0.3 is 0 Å². The number of hydrogen-bond donors (Lipinski definition) is 0. The molecule has 7 heteroatoms. The Kier molecular flexibility index (Phi) is 3.96. The minimum absolute atomic E-state index is 0.0506. The van der Waals surface area contributed by atoms with Crippen LogP contribution in [0.4, 0.5) is 0 Å². The Morgan fingerprint density at radius 1 is 1.15 bits per heavy atom. The van der Waals surface area contributed by atoms with E-state index in [9.17, 15) is 16.8 Å². The Morgan fingerprint density at radius 3 is 2.30 bits per heavy atom. The standard InChI is InChI=1S/C13H19NO4S2/c1-4-19(15,16)12-8-14(9-12)20(17,18)13-7-10(2)5-6-11(13)3/h5-7,12H,4,8-9H2,1-3H3. The molecule has 5 nitrogen and oxygen atoms in total. The minimum atomic E-state index is -3.59. The van der Waals surface area contributed by atoms with E-state index in [0.29, 0.717) is 5.56 Å². The van der Waals surface area contributed by atoms with Crippen LogP contribution in [0.2, 0.25) is 0 Å². The van der Waals surface area contributed by atoms with Crippen molar-refractivity contribution >= 4 is 19.9 Å². The van der Waals surface area contributed by atoms with Gasteiger partial charge in [-0.05, 0) is 31.0 Å². The molecule has 0 radical (unpaired) electrons. The fourth-order valence-electron chi connectivity index (χ4n) is 2.18. The van der Waals surface area contributed by atoms with Crippen LogP contribution in [0.1, 0.15) is 18.1 Å². The molecular weight excluding hydrogens is 298 g/mol. The van der Waals surface area contributed by atoms with E-state index in [1.54, 1.807) is 26.0 Å². The summed E-state index contributed by atoms with van der Waals surface area (Å²) < 4.78 is 49.6. The van der Waals surface area contributed by atoms with Gasteiger partial charge in [-0.1, -0.05) is 19.1 Å². The van der Waals surface area contributed by atoms with E-state index in [4.69, 9.17) is 0 Å². The Hall–Kier alpha value is -0.920. The predicted molar refractivity (Wildman–Crippen MR) is 77.9 cm³/mol. The highest BCUT2D eigenvalue weighted by atomic mass is 32.2. The quantitative estimate of drug-likeness (QED) is 0.834. The SMILES string of the molecule is CCS(=O)(=O)C1CN(S(=O)(=O)c2cc(C)ccc2C)C1. The maximum absolute atomic E-state index is 12.5. The molecule has 1 aliphatic rings. The minimum Gasteiger partial charge on any atom is -0.228 e. The summed E-state index contributed by atoms with van der Waals surface area (Å²) in [4.78, 5) is 0.268. The van der Waals surface area contributed by atoms with Crippen LogP contribution in [0, 0.1) is 13.8 Å². The number of sulfonamides is 1. The van der Waals surface area contributed by atoms with Gasteiger partial charge in [0.15, 0.2) is 9.84 Å². The molecule has 20 heavy (non-hydrogen) atoms. The molecule has 112 valence electrons. The lowest BCUT2D eigenvalue weighted by atomic mass is 10.2. The van der Waals surface area contributed by atoms with Gasteiger partial charge in [0.2, 0.25) is 10.0 Å². The summed E-state index contributed by atoms with van der Waals surface area (Å²) in [6, 6.07) is 5.25. The van der Waals surface area contributed by atoms with Crippen molar-refractivity contribution in [1.82, 2.24) is 4.31 Å². The lowest BCUT2D eigenvalue weighted by Gasteiger charge is -2.37. The van der Waals surface area contributed by atoms with Crippen molar-refractivity contribution in [3.8, 4) is 0 Å². The lowest BCUT2D eigenvalue weighted by Crippen LogP contribution is -2.57. The molecule has 0 N–H and O–H groups in total. The molecule has 0 saturated carbocycles. The monoisotopic (exact) mass is 317 g/mol. The van der Waals surface area contributed by atoms with E-state index in [1.165, 1.54) is 4.31 Å². The number of benzene rings is 1. The second-order valence-corrected chi connectivity index (χ2v) is 9.64. The van der Waals surface area contributed by atoms with Gasteiger partial charge in [-0.15, -0.1) is 0 Å². The van der Waals surface area contributed by atoms with E-state index in [0.717, 1.165) is 5.56 Å². The third-order valence-electron chi connectivity index (χ3n) is 3.69. The normalized spacial score (nSPS) is 17.9. The number of rotatable bonds is 4. The maximum Gasteiger partial charge on any atom is 0.243 e. The molecule has 1 heterocycles. The molecular formula is C13H19NO4S2. The number of hydrogen-bond acceptors (Lipinski definition) is 4. The molecule has 0 spiro atoms. The number of aryl methyl sites for hydroxylation is 2. The molecule has 0 bridgehead atoms. The topological polar surface area (TPSA) is 71.5 Å². The summed E-state index contributed by atoms with van der Waals surface area (Å²) in [7, 11) is -6.75. The van der Waals surface area contributed by atoms with Gasteiger partial charge in [0.1, 0.15) is 0 Å². The van der Waals surface area contributed by atoms with Gasteiger partial charge < -0.3 is 0 Å². The highest BCUT2D eigenvalue weighted by Gasteiger charge is 2.43. The second-order valence-electron chi connectivity index (χ2n) is 5.16.